The first-order valence-corrected chi connectivity index (χ1v) is 5.90. The topological polar surface area (TPSA) is 46.2 Å². The van der Waals surface area contributed by atoms with E-state index in [4.69, 9.17) is 17.3 Å². The Labute approximate surface area is 110 Å². The second-order valence-corrected chi connectivity index (χ2v) is 4.51. The summed E-state index contributed by atoms with van der Waals surface area (Å²) < 4.78 is 12.8. The van der Waals surface area contributed by atoms with E-state index in [1.54, 1.807) is 36.4 Å². The molecule has 2 aromatic rings. The smallest absolute Gasteiger partial charge is 0.123 e. The highest BCUT2D eigenvalue weighted by molar-refractivity contribution is 6.30. The summed E-state index contributed by atoms with van der Waals surface area (Å²) >= 11 is 5.86. The van der Waals surface area contributed by atoms with Crippen molar-refractivity contribution >= 4 is 11.6 Å². The fraction of sp³-hybridized carbons (Fsp3) is 0.143. The van der Waals surface area contributed by atoms with Gasteiger partial charge in [0.05, 0.1) is 12.1 Å². The van der Waals surface area contributed by atoms with Crippen LogP contribution in [0.4, 0.5) is 4.39 Å². The number of aliphatic hydroxyl groups excluding tert-OH is 1. The number of aliphatic hydroxyl groups is 1. The third-order valence-corrected chi connectivity index (χ3v) is 3.02. The molecule has 0 unspecified atom stereocenters. The lowest BCUT2D eigenvalue weighted by Crippen LogP contribution is -2.19. The third-order valence-electron chi connectivity index (χ3n) is 2.79. The van der Waals surface area contributed by atoms with Crippen molar-refractivity contribution in [1.29, 1.82) is 0 Å². The maximum atomic E-state index is 12.8. The van der Waals surface area contributed by atoms with E-state index >= 15 is 0 Å². The van der Waals surface area contributed by atoms with Gasteiger partial charge in [0.1, 0.15) is 5.82 Å². The van der Waals surface area contributed by atoms with Crippen molar-refractivity contribution in [3.63, 3.8) is 0 Å². The molecule has 0 amide bonds. The Kier molecular flexibility index (Phi) is 3.97. The highest BCUT2D eigenvalue weighted by Crippen LogP contribution is 2.28. The number of rotatable bonds is 3. The van der Waals surface area contributed by atoms with Crippen molar-refractivity contribution in [1.82, 2.24) is 0 Å². The molecular weight excluding hydrogens is 253 g/mol. The second-order valence-electron chi connectivity index (χ2n) is 4.08. The zero-order chi connectivity index (χ0) is 13.1. The van der Waals surface area contributed by atoms with E-state index in [0.29, 0.717) is 16.1 Å². The third kappa shape index (κ3) is 2.88. The van der Waals surface area contributed by atoms with Crippen molar-refractivity contribution in [2.75, 3.05) is 0 Å². The fourth-order valence-electron chi connectivity index (χ4n) is 1.77. The van der Waals surface area contributed by atoms with Gasteiger partial charge in [0.15, 0.2) is 0 Å². The van der Waals surface area contributed by atoms with Crippen molar-refractivity contribution in [2.45, 2.75) is 12.1 Å². The maximum absolute atomic E-state index is 12.8. The van der Waals surface area contributed by atoms with Crippen LogP contribution in [0, 0.1) is 5.82 Å². The Morgan fingerprint density at radius 2 is 1.72 bits per heavy atom. The molecule has 2 aromatic carbocycles. The zero-order valence-electron chi connectivity index (χ0n) is 9.55. The van der Waals surface area contributed by atoms with E-state index in [1.165, 1.54) is 12.1 Å². The maximum Gasteiger partial charge on any atom is 0.123 e. The van der Waals surface area contributed by atoms with Gasteiger partial charge in [-0.15, -0.1) is 0 Å². The van der Waals surface area contributed by atoms with Crippen LogP contribution >= 0.6 is 11.6 Å². The lowest BCUT2D eigenvalue weighted by molar-refractivity contribution is 0.147. The summed E-state index contributed by atoms with van der Waals surface area (Å²) in [6.07, 6.45) is -0.880. The average Bonchev–Trinajstić information content (AvgIpc) is 2.38. The van der Waals surface area contributed by atoms with Gasteiger partial charge in [0.25, 0.3) is 0 Å². The molecule has 18 heavy (non-hydrogen) atoms. The standard InChI is InChI=1S/C14H13ClFNO/c15-11-3-1-2-10(8-11)14(18)13(17)9-4-6-12(16)7-5-9/h1-8,13-14,18H,17H2/t13-,14-/m1/s1. The monoisotopic (exact) mass is 265 g/mol. The molecule has 0 aliphatic rings. The molecule has 3 N–H and O–H groups in total. The predicted molar refractivity (Wildman–Crippen MR) is 69.7 cm³/mol. The Bertz CT molecular complexity index is 530. The molecule has 0 saturated carbocycles. The summed E-state index contributed by atoms with van der Waals surface area (Å²) in [6, 6.07) is 12.0. The van der Waals surface area contributed by atoms with Crippen LogP contribution in [0.3, 0.4) is 0 Å². The quantitative estimate of drug-likeness (QED) is 0.895. The van der Waals surface area contributed by atoms with E-state index in [9.17, 15) is 9.50 Å². The molecule has 0 aromatic heterocycles. The SMILES string of the molecule is N[C@H](c1ccc(F)cc1)[C@H](O)c1cccc(Cl)c1. The average molecular weight is 266 g/mol. The molecule has 0 bridgehead atoms. The summed E-state index contributed by atoms with van der Waals surface area (Å²) in [5, 5.41) is 10.7. The normalized spacial score (nSPS) is 14.2. The molecule has 0 radical (unpaired) electrons. The molecule has 0 fully saturated rings. The summed E-state index contributed by atoms with van der Waals surface area (Å²) in [5.41, 5.74) is 7.26. The van der Waals surface area contributed by atoms with Gasteiger partial charge in [-0.05, 0) is 35.4 Å². The van der Waals surface area contributed by atoms with Gasteiger partial charge in [-0.2, -0.15) is 0 Å². The largest absolute Gasteiger partial charge is 0.386 e. The van der Waals surface area contributed by atoms with Gasteiger partial charge in [-0.1, -0.05) is 35.9 Å². The number of nitrogens with two attached hydrogens (primary N) is 1. The number of hydrogen-bond donors (Lipinski definition) is 2. The second kappa shape index (κ2) is 5.48. The summed E-state index contributed by atoms with van der Waals surface area (Å²) in [7, 11) is 0. The fourth-order valence-corrected chi connectivity index (χ4v) is 1.96. The van der Waals surface area contributed by atoms with E-state index in [1.807, 2.05) is 0 Å². The van der Waals surface area contributed by atoms with Gasteiger partial charge in [-0.25, -0.2) is 4.39 Å². The molecular formula is C14H13ClFNO. The van der Waals surface area contributed by atoms with Gasteiger partial charge in [0.2, 0.25) is 0 Å². The minimum atomic E-state index is -0.880. The summed E-state index contributed by atoms with van der Waals surface area (Å²) in [4.78, 5) is 0. The number of halogens is 2. The first-order chi connectivity index (χ1) is 8.58. The highest BCUT2D eigenvalue weighted by atomic mass is 35.5. The van der Waals surface area contributed by atoms with E-state index in [-0.39, 0.29) is 5.82 Å². The van der Waals surface area contributed by atoms with Crippen LogP contribution < -0.4 is 5.73 Å². The molecule has 2 nitrogen and oxygen atoms in total. The van der Waals surface area contributed by atoms with Crippen LogP contribution in [-0.4, -0.2) is 5.11 Å². The Balaban J connectivity index is 2.23. The van der Waals surface area contributed by atoms with Gasteiger partial charge < -0.3 is 10.8 Å². The number of benzene rings is 2. The lowest BCUT2D eigenvalue weighted by Gasteiger charge is -2.19. The van der Waals surface area contributed by atoms with Crippen LogP contribution in [0.2, 0.25) is 5.02 Å². The molecule has 0 heterocycles. The lowest BCUT2D eigenvalue weighted by atomic mass is 9.97. The Morgan fingerprint density at radius 3 is 2.33 bits per heavy atom. The van der Waals surface area contributed by atoms with E-state index in [0.717, 1.165) is 0 Å². The van der Waals surface area contributed by atoms with Crippen LogP contribution in [0.1, 0.15) is 23.3 Å². The highest BCUT2D eigenvalue weighted by Gasteiger charge is 2.18. The molecule has 94 valence electrons. The van der Waals surface area contributed by atoms with Gasteiger partial charge >= 0.3 is 0 Å². The van der Waals surface area contributed by atoms with Gasteiger partial charge in [0, 0.05) is 5.02 Å². The molecule has 0 saturated heterocycles. The zero-order valence-corrected chi connectivity index (χ0v) is 10.3. The molecule has 4 heteroatoms. The van der Waals surface area contributed by atoms with Crippen molar-refractivity contribution in [3.05, 3.63) is 70.5 Å². The molecule has 2 atom stereocenters. The van der Waals surface area contributed by atoms with Crippen molar-refractivity contribution in [3.8, 4) is 0 Å². The first kappa shape index (κ1) is 13.0. The summed E-state index contributed by atoms with van der Waals surface area (Å²) in [6.45, 7) is 0. The minimum Gasteiger partial charge on any atom is -0.386 e. The predicted octanol–water partition coefficient (Wildman–Crippen LogP) is 3.21. The van der Waals surface area contributed by atoms with Crippen LogP contribution in [-0.2, 0) is 0 Å². The molecule has 0 aliphatic heterocycles. The van der Waals surface area contributed by atoms with Crippen molar-refractivity contribution in [2.24, 2.45) is 5.73 Å². The number of hydrogen-bond acceptors (Lipinski definition) is 2. The van der Waals surface area contributed by atoms with Crippen LogP contribution in [0.5, 0.6) is 0 Å². The Morgan fingerprint density at radius 1 is 1.06 bits per heavy atom. The molecule has 2 rings (SSSR count). The van der Waals surface area contributed by atoms with E-state index < -0.39 is 12.1 Å². The minimum absolute atomic E-state index is 0.330. The molecule has 0 spiro atoms. The Hall–Kier alpha value is -1.42. The van der Waals surface area contributed by atoms with E-state index in [2.05, 4.69) is 0 Å². The first-order valence-electron chi connectivity index (χ1n) is 5.52. The van der Waals surface area contributed by atoms with Crippen molar-refractivity contribution < 1.29 is 9.50 Å². The summed E-state index contributed by atoms with van der Waals surface area (Å²) in [5.74, 6) is -0.330. The van der Waals surface area contributed by atoms with Crippen LogP contribution in [0.15, 0.2) is 48.5 Å². The molecule has 0 aliphatic carbocycles. The van der Waals surface area contributed by atoms with Gasteiger partial charge in [-0.3, -0.25) is 0 Å². The van der Waals surface area contributed by atoms with Crippen LogP contribution in [0.25, 0.3) is 0 Å².